The van der Waals surface area contributed by atoms with Gasteiger partial charge in [0.15, 0.2) is 11.5 Å². The predicted molar refractivity (Wildman–Crippen MR) is 122 cm³/mol. The maximum absolute atomic E-state index is 12.8. The van der Waals surface area contributed by atoms with E-state index in [1.807, 2.05) is 26.0 Å². The van der Waals surface area contributed by atoms with Crippen LogP contribution < -0.4 is 9.47 Å². The van der Waals surface area contributed by atoms with Crippen molar-refractivity contribution in [3.05, 3.63) is 27.1 Å². The lowest BCUT2D eigenvalue weighted by atomic mass is 10.1. The van der Waals surface area contributed by atoms with E-state index in [-0.39, 0.29) is 18.3 Å². The summed E-state index contributed by atoms with van der Waals surface area (Å²) < 4.78 is 17.5. The van der Waals surface area contributed by atoms with E-state index >= 15 is 0 Å². The van der Waals surface area contributed by atoms with Crippen LogP contribution in [0.5, 0.6) is 11.5 Å². The van der Waals surface area contributed by atoms with Crippen molar-refractivity contribution < 1.29 is 23.8 Å². The van der Waals surface area contributed by atoms with Crippen molar-refractivity contribution in [3.63, 3.8) is 0 Å². The van der Waals surface area contributed by atoms with Gasteiger partial charge in [0.05, 0.1) is 29.2 Å². The van der Waals surface area contributed by atoms with Crippen LogP contribution in [0.2, 0.25) is 0 Å². The van der Waals surface area contributed by atoms with Crippen LogP contribution in [-0.4, -0.2) is 47.5 Å². The molecule has 0 radical (unpaired) electrons. The van der Waals surface area contributed by atoms with Gasteiger partial charge in [-0.25, -0.2) is 0 Å². The van der Waals surface area contributed by atoms with E-state index in [0.717, 1.165) is 10.0 Å². The fraction of sp³-hybridized carbons (Fsp3) is 0.450. The lowest BCUT2D eigenvalue weighted by Crippen LogP contribution is -2.29. The molecule has 6 nitrogen and oxygen atoms in total. The second kappa shape index (κ2) is 11.6. The summed E-state index contributed by atoms with van der Waals surface area (Å²) in [5, 5.41) is 0. The number of halogens is 1. The van der Waals surface area contributed by atoms with Crippen LogP contribution in [0.25, 0.3) is 6.08 Å². The Balaban J connectivity index is 2.15. The van der Waals surface area contributed by atoms with Crippen molar-refractivity contribution in [2.45, 2.75) is 33.6 Å². The zero-order valence-electron chi connectivity index (χ0n) is 16.7. The van der Waals surface area contributed by atoms with E-state index < -0.39 is 0 Å². The third kappa shape index (κ3) is 6.45. The molecular weight excluding hydrogens is 478 g/mol. The second-order valence-corrected chi connectivity index (χ2v) is 8.47. The van der Waals surface area contributed by atoms with Gasteiger partial charge < -0.3 is 14.2 Å². The minimum absolute atomic E-state index is 0.160. The lowest BCUT2D eigenvalue weighted by Gasteiger charge is -2.14. The summed E-state index contributed by atoms with van der Waals surface area (Å²) in [5.74, 6) is 0.820. The third-order valence-electron chi connectivity index (χ3n) is 3.86. The molecule has 0 unspecified atom stereocenters. The Morgan fingerprint density at radius 2 is 1.93 bits per heavy atom. The van der Waals surface area contributed by atoms with Gasteiger partial charge in [0.1, 0.15) is 4.32 Å². The SMILES string of the molecule is CCOC(=O)CCCN1C(=O)/C(=C/c2cc(Br)c(OCC)c(OCC)c2)SC1=S. The Bertz CT molecular complexity index is 812. The average Bonchev–Trinajstić information content (AvgIpc) is 2.92. The van der Waals surface area contributed by atoms with Crippen molar-refractivity contribution in [2.75, 3.05) is 26.4 Å². The summed E-state index contributed by atoms with van der Waals surface area (Å²) in [6.07, 6.45) is 2.54. The first-order valence-electron chi connectivity index (χ1n) is 9.41. The first-order valence-corrected chi connectivity index (χ1v) is 11.4. The van der Waals surface area contributed by atoms with Crippen LogP contribution in [0, 0.1) is 0 Å². The third-order valence-corrected chi connectivity index (χ3v) is 5.83. The quantitative estimate of drug-likeness (QED) is 0.259. The molecule has 29 heavy (non-hydrogen) atoms. The Morgan fingerprint density at radius 1 is 1.21 bits per heavy atom. The highest BCUT2D eigenvalue weighted by atomic mass is 79.9. The molecule has 1 amide bonds. The monoisotopic (exact) mass is 501 g/mol. The molecule has 0 bridgehead atoms. The molecular formula is C20H24BrNO5S2. The van der Waals surface area contributed by atoms with Gasteiger partial charge in [-0.05, 0) is 66.9 Å². The van der Waals surface area contributed by atoms with E-state index in [0.29, 0.717) is 53.5 Å². The summed E-state index contributed by atoms with van der Waals surface area (Å²) >= 11 is 10.1. The summed E-state index contributed by atoms with van der Waals surface area (Å²) in [7, 11) is 0. The number of esters is 1. The van der Waals surface area contributed by atoms with Gasteiger partial charge in [0.25, 0.3) is 5.91 Å². The smallest absolute Gasteiger partial charge is 0.305 e. The van der Waals surface area contributed by atoms with E-state index in [1.54, 1.807) is 13.0 Å². The molecule has 0 atom stereocenters. The number of carbonyl (C=O) groups is 2. The molecule has 1 saturated heterocycles. The molecule has 2 rings (SSSR count). The molecule has 1 aromatic rings. The summed E-state index contributed by atoms with van der Waals surface area (Å²) in [6.45, 7) is 7.32. The van der Waals surface area contributed by atoms with Gasteiger partial charge in [-0.15, -0.1) is 0 Å². The number of rotatable bonds is 10. The van der Waals surface area contributed by atoms with Crippen molar-refractivity contribution in [3.8, 4) is 11.5 Å². The standard InChI is InChI=1S/C20H24BrNO5S2/c1-4-25-15-11-13(10-14(21)18(15)27-6-3)12-16-19(24)22(20(28)29-16)9-7-8-17(23)26-5-2/h10-12H,4-9H2,1-3H3/b16-12-. The van der Waals surface area contributed by atoms with Crippen LogP contribution >= 0.6 is 39.9 Å². The normalized spacial score (nSPS) is 15.2. The van der Waals surface area contributed by atoms with Crippen LogP contribution in [0.15, 0.2) is 21.5 Å². The number of nitrogens with zero attached hydrogens (tertiary/aromatic N) is 1. The summed E-state index contributed by atoms with van der Waals surface area (Å²) in [4.78, 5) is 26.3. The number of amides is 1. The Kier molecular flexibility index (Phi) is 9.45. The molecule has 158 valence electrons. The minimum atomic E-state index is -0.267. The van der Waals surface area contributed by atoms with Crippen molar-refractivity contribution >= 4 is 62.2 Å². The van der Waals surface area contributed by atoms with E-state index in [1.165, 1.54) is 16.7 Å². The highest BCUT2D eigenvalue weighted by Crippen LogP contribution is 2.39. The van der Waals surface area contributed by atoms with Crippen LogP contribution in [0.4, 0.5) is 0 Å². The minimum Gasteiger partial charge on any atom is -0.490 e. The van der Waals surface area contributed by atoms with E-state index in [4.69, 9.17) is 26.4 Å². The molecule has 9 heteroatoms. The molecule has 0 aliphatic carbocycles. The number of hydrogen-bond donors (Lipinski definition) is 0. The Labute approximate surface area is 189 Å². The summed E-state index contributed by atoms with van der Waals surface area (Å²) in [5.41, 5.74) is 0.802. The zero-order valence-corrected chi connectivity index (χ0v) is 19.9. The molecule has 0 spiro atoms. The van der Waals surface area contributed by atoms with E-state index in [9.17, 15) is 9.59 Å². The van der Waals surface area contributed by atoms with Gasteiger partial charge in [-0.2, -0.15) is 0 Å². The zero-order chi connectivity index (χ0) is 21.4. The molecule has 0 aromatic heterocycles. The highest BCUT2D eigenvalue weighted by Gasteiger charge is 2.31. The summed E-state index contributed by atoms with van der Waals surface area (Å²) in [6, 6.07) is 3.72. The maximum atomic E-state index is 12.8. The number of thiocarbonyl (C=S) groups is 1. The van der Waals surface area contributed by atoms with Gasteiger partial charge >= 0.3 is 5.97 Å². The fourth-order valence-electron chi connectivity index (χ4n) is 2.68. The molecule has 1 aromatic carbocycles. The Hall–Kier alpha value is -1.58. The fourth-order valence-corrected chi connectivity index (χ4v) is 4.56. The lowest BCUT2D eigenvalue weighted by molar-refractivity contribution is -0.143. The molecule has 1 aliphatic heterocycles. The first-order chi connectivity index (χ1) is 13.9. The molecule has 1 fully saturated rings. The molecule has 0 saturated carbocycles. The van der Waals surface area contributed by atoms with Crippen LogP contribution in [0.3, 0.4) is 0 Å². The van der Waals surface area contributed by atoms with Gasteiger partial charge in [-0.3, -0.25) is 14.5 Å². The molecule has 0 N–H and O–H groups in total. The van der Waals surface area contributed by atoms with Crippen molar-refractivity contribution in [1.82, 2.24) is 4.90 Å². The number of thioether (sulfide) groups is 1. The number of hydrogen-bond acceptors (Lipinski definition) is 7. The van der Waals surface area contributed by atoms with E-state index in [2.05, 4.69) is 15.9 Å². The van der Waals surface area contributed by atoms with Gasteiger partial charge in [0.2, 0.25) is 0 Å². The Morgan fingerprint density at radius 3 is 2.59 bits per heavy atom. The largest absolute Gasteiger partial charge is 0.490 e. The number of benzene rings is 1. The van der Waals surface area contributed by atoms with Crippen molar-refractivity contribution in [1.29, 1.82) is 0 Å². The maximum Gasteiger partial charge on any atom is 0.305 e. The van der Waals surface area contributed by atoms with Crippen molar-refractivity contribution in [2.24, 2.45) is 0 Å². The second-order valence-electron chi connectivity index (χ2n) is 5.94. The van der Waals surface area contributed by atoms with Gasteiger partial charge in [-0.1, -0.05) is 24.0 Å². The highest BCUT2D eigenvalue weighted by molar-refractivity contribution is 9.10. The molecule has 1 heterocycles. The van der Waals surface area contributed by atoms with Crippen LogP contribution in [-0.2, 0) is 14.3 Å². The molecule has 1 aliphatic rings. The average molecular weight is 502 g/mol. The van der Waals surface area contributed by atoms with Gasteiger partial charge in [0, 0.05) is 13.0 Å². The first kappa shape index (κ1) is 23.7. The number of carbonyl (C=O) groups excluding carboxylic acids is 2. The predicted octanol–water partition coefficient (Wildman–Crippen LogP) is 4.79. The number of ether oxygens (including phenoxy) is 3. The van der Waals surface area contributed by atoms with Crippen LogP contribution in [0.1, 0.15) is 39.2 Å². The topological polar surface area (TPSA) is 65.1 Å².